The molecule has 0 aromatic heterocycles. The first-order valence-corrected chi connectivity index (χ1v) is 11.7. The molecule has 1 heterocycles. The Bertz CT molecular complexity index is 865. The van der Waals surface area contributed by atoms with Gasteiger partial charge in [-0.15, -0.1) is 0 Å². The number of ether oxygens (including phenoxy) is 1. The lowest BCUT2D eigenvalue weighted by molar-refractivity contribution is 0.00214. The number of rotatable bonds is 8. The first-order valence-electron chi connectivity index (χ1n) is 11.7. The molecule has 0 saturated heterocycles. The van der Waals surface area contributed by atoms with Gasteiger partial charge >= 0.3 is 0 Å². The summed E-state index contributed by atoms with van der Waals surface area (Å²) < 4.78 is 6.37. The van der Waals surface area contributed by atoms with Crippen LogP contribution < -0.4 is 0 Å². The zero-order chi connectivity index (χ0) is 21.8. The summed E-state index contributed by atoms with van der Waals surface area (Å²) in [6.45, 7) is 5.27. The van der Waals surface area contributed by atoms with E-state index in [-0.39, 0.29) is 24.0 Å². The van der Waals surface area contributed by atoms with Crippen LogP contribution in [0, 0.1) is 5.92 Å². The maximum atomic E-state index is 12.8. The average Bonchev–Trinajstić information content (AvgIpc) is 3.05. The second-order valence-electron chi connectivity index (χ2n) is 9.37. The van der Waals surface area contributed by atoms with Crippen LogP contribution in [0.2, 0.25) is 0 Å². The van der Waals surface area contributed by atoms with Gasteiger partial charge in [-0.2, -0.15) is 0 Å². The van der Waals surface area contributed by atoms with Crippen LogP contribution in [0.25, 0.3) is 0 Å². The Morgan fingerprint density at radius 1 is 0.839 bits per heavy atom. The van der Waals surface area contributed by atoms with Gasteiger partial charge in [-0.3, -0.25) is 14.5 Å². The fraction of sp³-hybridized carbons (Fsp3) is 0.481. The molecule has 2 amide bonds. The van der Waals surface area contributed by atoms with E-state index in [2.05, 4.69) is 44.2 Å². The highest BCUT2D eigenvalue weighted by molar-refractivity contribution is 6.21. The van der Waals surface area contributed by atoms with Crippen molar-refractivity contribution in [3.8, 4) is 0 Å². The molecule has 31 heavy (non-hydrogen) atoms. The number of imide groups is 1. The van der Waals surface area contributed by atoms with Crippen molar-refractivity contribution in [2.24, 2.45) is 5.92 Å². The molecule has 1 unspecified atom stereocenters. The third kappa shape index (κ3) is 4.90. The van der Waals surface area contributed by atoms with Crippen LogP contribution in [0.3, 0.4) is 0 Å². The fourth-order valence-corrected chi connectivity index (χ4v) is 4.87. The number of benzene rings is 2. The van der Waals surface area contributed by atoms with Crippen LogP contribution in [-0.2, 0) is 4.74 Å². The minimum Gasteiger partial charge on any atom is -0.378 e. The Balaban J connectivity index is 1.32. The smallest absolute Gasteiger partial charge is 0.261 e. The summed E-state index contributed by atoms with van der Waals surface area (Å²) in [6, 6.07) is 17.8. The largest absolute Gasteiger partial charge is 0.378 e. The quantitative estimate of drug-likeness (QED) is 0.506. The van der Waals surface area contributed by atoms with Crippen molar-refractivity contribution in [2.75, 3.05) is 6.61 Å². The van der Waals surface area contributed by atoms with E-state index in [1.807, 2.05) is 12.1 Å². The molecule has 1 aliphatic carbocycles. The standard InChI is InChI=1S/C27H33NO3/c1-19(2)12-13-21(20-8-4-3-5-9-20)18-31-23-16-14-22(15-17-23)28-26(29)24-10-6-7-11-25(24)27(28)30/h3-11,19,21-23H,12-18H2,1-2H3/t21?,22-,23-. The van der Waals surface area contributed by atoms with Crippen LogP contribution in [0.1, 0.15) is 84.6 Å². The van der Waals surface area contributed by atoms with Gasteiger partial charge in [0, 0.05) is 12.0 Å². The van der Waals surface area contributed by atoms with Crippen LogP contribution in [-0.4, -0.2) is 35.5 Å². The molecule has 164 valence electrons. The summed E-state index contributed by atoms with van der Waals surface area (Å²) in [5, 5.41) is 0. The van der Waals surface area contributed by atoms with E-state index in [1.165, 1.54) is 16.9 Å². The summed E-state index contributed by atoms with van der Waals surface area (Å²) in [4.78, 5) is 27.0. The van der Waals surface area contributed by atoms with Gasteiger partial charge in [0.05, 0.1) is 23.8 Å². The number of amides is 2. The molecule has 4 rings (SSSR count). The van der Waals surface area contributed by atoms with E-state index in [1.54, 1.807) is 12.1 Å². The molecular formula is C27H33NO3. The lowest BCUT2D eigenvalue weighted by Gasteiger charge is -2.34. The number of fused-ring (bicyclic) bond motifs is 1. The third-order valence-corrected chi connectivity index (χ3v) is 6.73. The highest BCUT2D eigenvalue weighted by atomic mass is 16.5. The van der Waals surface area contributed by atoms with Crippen molar-refractivity contribution in [2.45, 2.75) is 70.4 Å². The monoisotopic (exact) mass is 419 g/mol. The molecule has 0 spiro atoms. The third-order valence-electron chi connectivity index (χ3n) is 6.73. The highest BCUT2D eigenvalue weighted by Crippen LogP contribution is 2.33. The number of carbonyl (C=O) groups excluding carboxylic acids is 2. The number of hydrogen-bond donors (Lipinski definition) is 0. The van der Waals surface area contributed by atoms with Gasteiger partial charge in [-0.1, -0.05) is 62.7 Å². The average molecular weight is 420 g/mol. The molecule has 1 fully saturated rings. The molecule has 1 atom stereocenters. The van der Waals surface area contributed by atoms with E-state index in [0.29, 0.717) is 23.0 Å². The number of carbonyl (C=O) groups is 2. The zero-order valence-electron chi connectivity index (χ0n) is 18.6. The van der Waals surface area contributed by atoms with E-state index < -0.39 is 0 Å². The lowest BCUT2D eigenvalue weighted by atomic mass is 9.90. The molecule has 0 bridgehead atoms. The Morgan fingerprint density at radius 2 is 1.42 bits per heavy atom. The maximum Gasteiger partial charge on any atom is 0.261 e. The van der Waals surface area contributed by atoms with Gasteiger partial charge < -0.3 is 4.74 Å². The molecule has 2 aliphatic rings. The summed E-state index contributed by atoms with van der Waals surface area (Å²) in [6.07, 6.45) is 5.95. The predicted octanol–water partition coefficient (Wildman–Crippen LogP) is 5.83. The molecule has 2 aromatic carbocycles. The highest BCUT2D eigenvalue weighted by Gasteiger charge is 2.41. The van der Waals surface area contributed by atoms with Gasteiger partial charge in [-0.25, -0.2) is 0 Å². The van der Waals surface area contributed by atoms with Crippen molar-refractivity contribution >= 4 is 11.8 Å². The van der Waals surface area contributed by atoms with Gasteiger partial charge in [0.15, 0.2) is 0 Å². The topological polar surface area (TPSA) is 46.6 Å². The van der Waals surface area contributed by atoms with Gasteiger partial charge in [0.1, 0.15) is 0 Å². The van der Waals surface area contributed by atoms with Crippen molar-refractivity contribution in [3.05, 3.63) is 71.3 Å². The molecule has 1 aliphatic heterocycles. The predicted molar refractivity (Wildman–Crippen MR) is 122 cm³/mol. The Labute approximate surface area is 185 Å². The summed E-state index contributed by atoms with van der Waals surface area (Å²) in [5.41, 5.74) is 2.44. The minimum atomic E-state index is -0.136. The van der Waals surface area contributed by atoms with Gasteiger partial charge in [-0.05, 0) is 55.7 Å². The molecule has 4 heteroatoms. The van der Waals surface area contributed by atoms with E-state index in [9.17, 15) is 9.59 Å². The van der Waals surface area contributed by atoms with Crippen molar-refractivity contribution < 1.29 is 14.3 Å². The van der Waals surface area contributed by atoms with Crippen LogP contribution in [0.5, 0.6) is 0 Å². The summed E-state index contributed by atoms with van der Waals surface area (Å²) >= 11 is 0. The van der Waals surface area contributed by atoms with Crippen LogP contribution >= 0.6 is 0 Å². The number of hydrogen-bond acceptors (Lipinski definition) is 3. The maximum absolute atomic E-state index is 12.8. The molecule has 0 N–H and O–H groups in total. The normalized spacial score (nSPS) is 22.1. The molecule has 0 radical (unpaired) electrons. The first kappa shape index (κ1) is 21.8. The van der Waals surface area contributed by atoms with E-state index >= 15 is 0 Å². The fourth-order valence-electron chi connectivity index (χ4n) is 4.87. The molecule has 4 nitrogen and oxygen atoms in total. The zero-order valence-corrected chi connectivity index (χ0v) is 18.6. The SMILES string of the molecule is CC(C)CCC(CO[C@H]1CC[C@H](N2C(=O)c3ccccc3C2=O)CC1)c1ccccc1. The summed E-state index contributed by atoms with van der Waals surface area (Å²) in [5.74, 6) is 0.824. The molecular weight excluding hydrogens is 386 g/mol. The summed E-state index contributed by atoms with van der Waals surface area (Å²) in [7, 11) is 0. The second kappa shape index (κ2) is 9.78. The van der Waals surface area contributed by atoms with Gasteiger partial charge in [0.25, 0.3) is 11.8 Å². The van der Waals surface area contributed by atoms with Gasteiger partial charge in [0.2, 0.25) is 0 Å². The van der Waals surface area contributed by atoms with E-state index in [4.69, 9.17) is 4.74 Å². The minimum absolute atomic E-state index is 0.0156. The van der Waals surface area contributed by atoms with Crippen molar-refractivity contribution in [1.82, 2.24) is 4.90 Å². The van der Waals surface area contributed by atoms with Crippen molar-refractivity contribution in [1.29, 1.82) is 0 Å². The lowest BCUT2D eigenvalue weighted by Crippen LogP contribution is -2.43. The number of nitrogens with zero attached hydrogens (tertiary/aromatic N) is 1. The van der Waals surface area contributed by atoms with E-state index in [0.717, 1.165) is 38.7 Å². The Kier molecular flexibility index (Phi) is 6.86. The Morgan fingerprint density at radius 3 is 2.00 bits per heavy atom. The van der Waals surface area contributed by atoms with Crippen LogP contribution in [0.15, 0.2) is 54.6 Å². The first-order chi connectivity index (χ1) is 15.0. The van der Waals surface area contributed by atoms with Crippen LogP contribution in [0.4, 0.5) is 0 Å². The Hall–Kier alpha value is -2.46. The second-order valence-corrected chi connectivity index (χ2v) is 9.37. The molecule has 2 aromatic rings. The van der Waals surface area contributed by atoms with Crippen molar-refractivity contribution in [3.63, 3.8) is 0 Å². The molecule has 1 saturated carbocycles.